The van der Waals surface area contributed by atoms with E-state index in [9.17, 15) is 13.2 Å². The second-order valence-electron chi connectivity index (χ2n) is 5.71. The van der Waals surface area contributed by atoms with Crippen LogP contribution in [-0.4, -0.2) is 47.1 Å². The van der Waals surface area contributed by atoms with Crippen molar-refractivity contribution in [2.24, 2.45) is 0 Å². The number of nitrogen functional groups attached to an aromatic ring is 1. The second-order valence-corrected chi connectivity index (χ2v) is 7.05. The van der Waals surface area contributed by atoms with Gasteiger partial charge in [-0.1, -0.05) is 18.2 Å². The maximum atomic E-state index is 12.0. The average molecular weight is 406 g/mol. The van der Waals surface area contributed by atoms with Crippen molar-refractivity contribution in [1.29, 1.82) is 0 Å². The van der Waals surface area contributed by atoms with Crippen molar-refractivity contribution in [3.8, 4) is 0 Å². The van der Waals surface area contributed by atoms with Gasteiger partial charge in [-0.25, -0.2) is 19.7 Å². The van der Waals surface area contributed by atoms with Gasteiger partial charge in [-0.3, -0.25) is 13.5 Å². The number of nitrogens with zero attached hydrogens (tertiary/aromatic N) is 4. The van der Waals surface area contributed by atoms with Gasteiger partial charge in [0.2, 0.25) is 0 Å². The molecule has 28 heavy (non-hydrogen) atoms. The monoisotopic (exact) mass is 406 g/mol. The molecule has 2 heterocycles. The van der Waals surface area contributed by atoms with Crippen molar-refractivity contribution < 1.29 is 22.1 Å². The number of carbonyl (C=O) groups excluding carboxylic acids is 1. The quantitative estimate of drug-likeness (QED) is 0.506. The zero-order chi connectivity index (χ0) is 20.1. The number of aromatic nitrogens is 4. The zero-order valence-electron chi connectivity index (χ0n) is 14.9. The van der Waals surface area contributed by atoms with E-state index in [4.69, 9.17) is 14.7 Å². The summed E-state index contributed by atoms with van der Waals surface area (Å²) in [6.07, 6.45) is 2.79. The van der Waals surface area contributed by atoms with Gasteiger partial charge in [0.25, 0.3) is 5.91 Å². The Morgan fingerprint density at radius 1 is 1.21 bits per heavy atom. The zero-order valence-corrected chi connectivity index (χ0v) is 15.7. The van der Waals surface area contributed by atoms with Crippen molar-refractivity contribution in [2.75, 3.05) is 18.9 Å². The number of nitrogens with one attached hydrogen (secondary N) is 1. The van der Waals surface area contributed by atoms with Crippen LogP contribution in [0.15, 0.2) is 36.9 Å². The van der Waals surface area contributed by atoms with Crippen LogP contribution in [0.25, 0.3) is 11.2 Å². The van der Waals surface area contributed by atoms with E-state index in [0.717, 1.165) is 0 Å². The van der Waals surface area contributed by atoms with Gasteiger partial charge >= 0.3 is 10.3 Å². The van der Waals surface area contributed by atoms with Gasteiger partial charge in [-0.2, -0.15) is 8.42 Å². The first kappa shape index (κ1) is 19.7. The number of imidazole rings is 1. The molecule has 3 rings (SSSR count). The van der Waals surface area contributed by atoms with Crippen molar-refractivity contribution in [2.45, 2.75) is 13.7 Å². The lowest BCUT2D eigenvalue weighted by molar-refractivity contribution is 0.0564. The van der Waals surface area contributed by atoms with Gasteiger partial charge in [0.1, 0.15) is 18.6 Å². The number of benzene rings is 1. The molecule has 1 aromatic carbocycles. The largest absolute Gasteiger partial charge is 0.382 e. The second kappa shape index (κ2) is 8.29. The molecule has 12 heteroatoms. The predicted octanol–water partition coefficient (Wildman–Crippen LogP) is 0.382. The summed E-state index contributed by atoms with van der Waals surface area (Å²) in [5.74, 6) is -0.510. The molecule has 0 radical (unpaired) electrons. The molecule has 0 atom stereocenters. The Hall–Kier alpha value is -3.09. The standard InChI is InChI=1S/C16H18N6O5S/c1-11-4-2-3-5-12(11)16(23)21-28(24,25)27-7-6-26-10-22-9-20-13-14(17)18-8-19-15(13)22/h2-5,8-9H,6-7,10H2,1H3,(H,21,23)(H2,17,18,19). The van der Waals surface area contributed by atoms with Crippen LogP contribution in [0.3, 0.4) is 0 Å². The minimum Gasteiger partial charge on any atom is -0.382 e. The van der Waals surface area contributed by atoms with Gasteiger partial charge in [0.05, 0.1) is 19.5 Å². The van der Waals surface area contributed by atoms with E-state index in [2.05, 4.69) is 15.0 Å². The SMILES string of the molecule is Cc1ccccc1C(=O)NS(=O)(=O)OCCOCn1cnc2c(N)ncnc21. The molecule has 0 fully saturated rings. The Morgan fingerprint density at radius 2 is 2.00 bits per heavy atom. The van der Waals surface area contributed by atoms with Gasteiger partial charge in [-0.05, 0) is 18.6 Å². The van der Waals surface area contributed by atoms with Crippen molar-refractivity contribution >= 4 is 33.2 Å². The highest BCUT2D eigenvalue weighted by atomic mass is 32.2. The summed E-state index contributed by atoms with van der Waals surface area (Å²) in [4.78, 5) is 24.0. The number of carbonyl (C=O) groups is 1. The molecule has 11 nitrogen and oxygen atoms in total. The number of ether oxygens (including phenoxy) is 1. The fourth-order valence-electron chi connectivity index (χ4n) is 2.38. The molecule has 0 aliphatic heterocycles. The first-order valence-electron chi connectivity index (χ1n) is 8.13. The number of hydrogen-bond acceptors (Lipinski definition) is 9. The number of hydrogen-bond donors (Lipinski definition) is 2. The normalized spacial score (nSPS) is 11.6. The van der Waals surface area contributed by atoms with Crippen LogP contribution in [0.4, 0.5) is 5.82 Å². The Bertz CT molecular complexity index is 1100. The molecule has 2 aromatic heterocycles. The number of rotatable bonds is 8. The molecule has 0 spiro atoms. The third-order valence-electron chi connectivity index (χ3n) is 3.73. The Morgan fingerprint density at radius 3 is 2.79 bits per heavy atom. The predicted molar refractivity (Wildman–Crippen MR) is 99.2 cm³/mol. The van der Waals surface area contributed by atoms with E-state index in [-0.39, 0.29) is 31.3 Å². The molecule has 1 amide bonds. The molecule has 148 valence electrons. The van der Waals surface area contributed by atoms with Gasteiger partial charge in [0.15, 0.2) is 11.5 Å². The summed E-state index contributed by atoms with van der Waals surface area (Å²) >= 11 is 0. The summed E-state index contributed by atoms with van der Waals surface area (Å²) in [5.41, 5.74) is 7.53. The number of anilines is 1. The third-order valence-corrected chi connectivity index (χ3v) is 4.65. The van der Waals surface area contributed by atoms with E-state index in [1.54, 1.807) is 29.7 Å². The Kier molecular flexibility index (Phi) is 5.82. The molecular weight excluding hydrogens is 388 g/mol. The van der Waals surface area contributed by atoms with Crippen LogP contribution < -0.4 is 10.5 Å². The molecule has 0 aliphatic rings. The number of aryl methyl sites for hydroxylation is 1. The first-order chi connectivity index (χ1) is 13.4. The third kappa shape index (κ3) is 4.60. The van der Waals surface area contributed by atoms with E-state index >= 15 is 0 Å². The van der Waals surface area contributed by atoms with E-state index in [1.165, 1.54) is 18.7 Å². The highest BCUT2D eigenvalue weighted by Gasteiger charge is 2.18. The topological polar surface area (TPSA) is 151 Å². The Labute approximate surface area is 160 Å². The molecule has 0 bridgehead atoms. The first-order valence-corrected chi connectivity index (χ1v) is 9.54. The van der Waals surface area contributed by atoms with Crippen LogP contribution in [0.2, 0.25) is 0 Å². The maximum absolute atomic E-state index is 12.0. The van der Waals surface area contributed by atoms with E-state index in [0.29, 0.717) is 16.7 Å². The average Bonchev–Trinajstić information content (AvgIpc) is 3.06. The summed E-state index contributed by atoms with van der Waals surface area (Å²) in [7, 11) is -4.26. The van der Waals surface area contributed by atoms with Crippen molar-refractivity contribution in [3.05, 3.63) is 48.0 Å². The minimum atomic E-state index is -4.26. The highest BCUT2D eigenvalue weighted by Crippen LogP contribution is 2.13. The molecule has 3 N–H and O–H groups in total. The Balaban J connectivity index is 1.47. The minimum absolute atomic E-state index is 0.0420. The molecule has 3 aromatic rings. The van der Waals surface area contributed by atoms with Crippen LogP contribution in [0, 0.1) is 6.92 Å². The van der Waals surface area contributed by atoms with Gasteiger partial charge in [0, 0.05) is 5.56 Å². The van der Waals surface area contributed by atoms with Crippen LogP contribution in [0.5, 0.6) is 0 Å². The summed E-state index contributed by atoms with van der Waals surface area (Å²) in [6, 6.07) is 6.61. The summed E-state index contributed by atoms with van der Waals surface area (Å²) in [6.45, 7) is 1.44. The number of fused-ring (bicyclic) bond motifs is 1. The molecular formula is C16H18N6O5S. The van der Waals surface area contributed by atoms with Gasteiger partial charge in [-0.15, -0.1) is 0 Å². The molecule has 0 saturated carbocycles. The van der Waals surface area contributed by atoms with E-state index < -0.39 is 16.2 Å². The maximum Gasteiger partial charge on any atom is 0.362 e. The lowest BCUT2D eigenvalue weighted by atomic mass is 10.1. The van der Waals surface area contributed by atoms with Crippen LogP contribution in [0.1, 0.15) is 15.9 Å². The fraction of sp³-hybridized carbons (Fsp3) is 0.250. The molecule has 0 aliphatic carbocycles. The summed E-state index contributed by atoms with van der Waals surface area (Å²) < 4.78 is 37.3. The molecule has 0 unspecified atom stereocenters. The number of amides is 1. The molecule has 0 saturated heterocycles. The van der Waals surface area contributed by atoms with Crippen LogP contribution in [-0.2, 0) is 26.0 Å². The van der Waals surface area contributed by atoms with Crippen LogP contribution >= 0.6 is 0 Å². The van der Waals surface area contributed by atoms with Crippen molar-refractivity contribution in [1.82, 2.24) is 24.2 Å². The lowest BCUT2D eigenvalue weighted by Crippen LogP contribution is -2.33. The highest BCUT2D eigenvalue weighted by molar-refractivity contribution is 7.85. The van der Waals surface area contributed by atoms with E-state index in [1.807, 2.05) is 4.72 Å². The van der Waals surface area contributed by atoms with Gasteiger partial charge < -0.3 is 10.5 Å². The van der Waals surface area contributed by atoms with Crippen molar-refractivity contribution in [3.63, 3.8) is 0 Å². The summed E-state index contributed by atoms with van der Waals surface area (Å²) in [5, 5.41) is 0. The number of nitrogens with two attached hydrogens (primary N) is 1. The fourth-order valence-corrected chi connectivity index (χ4v) is 3.07. The smallest absolute Gasteiger partial charge is 0.362 e. The lowest BCUT2D eigenvalue weighted by Gasteiger charge is -2.09.